The maximum Gasteiger partial charge on any atom is 0.266 e. The molecule has 1 fully saturated rings. The van der Waals surface area contributed by atoms with Gasteiger partial charge in [-0.3, -0.25) is 9.69 Å². The first kappa shape index (κ1) is 19.7. The zero-order chi connectivity index (χ0) is 19.2. The maximum absolute atomic E-state index is 12.9. The number of amidine groups is 1. The topological polar surface area (TPSA) is 62.1 Å². The van der Waals surface area contributed by atoms with E-state index in [1.54, 1.807) is 29.2 Å². The smallest absolute Gasteiger partial charge is 0.266 e. The van der Waals surface area contributed by atoms with Crippen LogP contribution in [0.25, 0.3) is 6.08 Å². The fourth-order valence-corrected chi connectivity index (χ4v) is 3.89. The van der Waals surface area contributed by atoms with Crippen molar-refractivity contribution in [3.05, 3.63) is 63.5 Å². The Morgan fingerprint density at radius 2 is 2.04 bits per heavy atom. The van der Waals surface area contributed by atoms with Crippen LogP contribution in [0, 0.1) is 0 Å². The lowest BCUT2D eigenvalue weighted by atomic mass is 10.2. The molecule has 0 radical (unpaired) electrons. The first-order valence-corrected chi connectivity index (χ1v) is 10.1. The van der Waals surface area contributed by atoms with Crippen molar-refractivity contribution in [1.29, 1.82) is 0 Å². The van der Waals surface area contributed by atoms with E-state index in [2.05, 4.69) is 20.9 Å². The Bertz CT molecular complexity index is 884. The quantitative estimate of drug-likeness (QED) is 0.511. The highest BCUT2D eigenvalue weighted by Gasteiger charge is 2.33. The van der Waals surface area contributed by atoms with E-state index in [1.807, 2.05) is 37.3 Å². The lowest BCUT2D eigenvalue weighted by Crippen LogP contribution is -2.32. The summed E-state index contributed by atoms with van der Waals surface area (Å²) in [5.41, 5.74) is 1.61. The third kappa shape index (κ3) is 5.00. The SMILES string of the molecule is CCOCCN1C(=O)/C(=C/c2ccc(O)c(Br)c2)SC1=Nc1ccccc1. The van der Waals surface area contributed by atoms with Gasteiger partial charge in [-0.25, -0.2) is 4.99 Å². The van der Waals surface area contributed by atoms with Gasteiger partial charge in [-0.15, -0.1) is 0 Å². The number of nitrogens with zero attached hydrogens (tertiary/aromatic N) is 2. The van der Waals surface area contributed by atoms with Gasteiger partial charge in [0, 0.05) is 6.61 Å². The number of aliphatic imine (C=N–C) groups is 1. The molecule has 27 heavy (non-hydrogen) atoms. The first-order chi connectivity index (χ1) is 13.1. The third-order valence-electron chi connectivity index (χ3n) is 3.80. The highest BCUT2D eigenvalue weighted by atomic mass is 79.9. The van der Waals surface area contributed by atoms with Crippen LogP contribution in [0.15, 0.2) is 62.9 Å². The maximum atomic E-state index is 12.9. The molecule has 2 aromatic carbocycles. The Balaban J connectivity index is 1.90. The van der Waals surface area contributed by atoms with Crippen LogP contribution >= 0.6 is 27.7 Å². The van der Waals surface area contributed by atoms with Gasteiger partial charge in [0.2, 0.25) is 0 Å². The normalized spacial score (nSPS) is 17.3. The van der Waals surface area contributed by atoms with Crippen molar-refractivity contribution >= 4 is 50.5 Å². The van der Waals surface area contributed by atoms with Crippen LogP contribution in [0.2, 0.25) is 0 Å². The molecule has 0 aromatic heterocycles. The highest BCUT2D eigenvalue weighted by molar-refractivity contribution is 9.10. The number of thioether (sulfide) groups is 1. The average molecular weight is 447 g/mol. The van der Waals surface area contributed by atoms with Gasteiger partial charge in [-0.2, -0.15) is 0 Å². The molecule has 140 valence electrons. The highest BCUT2D eigenvalue weighted by Crippen LogP contribution is 2.35. The summed E-state index contributed by atoms with van der Waals surface area (Å²) in [6, 6.07) is 14.7. The Labute approximate surface area is 170 Å². The van der Waals surface area contributed by atoms with E-state index in [4.69, 9.17) is 4.74 Å². The van der Waals surface area contributed by atoms with Crippen molar-refractivity contribution < 1.29 is 14.6 Å². The lowest BCUT2D eigenvalue weighted by Gasteiger charge is -2.15. The Hall–Kier alpha value is -2.09. The summed E-state index contributed by atoms with van der Waals surface area (Å²) in [5, 5.41) is 10.3. The largest absolute Gasteiger partial charge is 0.507 e. The summed E-state index contributed by atoms with van der Waals surface area (Å²) in [6.07, 6.45) is 1.80. The van der Waals surface area contributed by atoms with Crippen molar-refractivity contribution in [3.63, 3.8) is 0 Å². The Kier molecular flexibility index (Phi) is 6.71. The number of ether oxygens (including phenoxy) is 1. The standard InChI is InChI=1S/C20H19BrN2O3S/c1-2-26-11-10-23-19(25)18(13-14-8-9-17(24)16(21)12-14)27-20(23)22-15-6-4-3-5-7-15/h3-9,12-13,24H,2,10-11H2,1H3/b18-13-,22-20?. The summed E-state index contributed by atoms with van der Waals surface area (Å²) >= 11 is 4.64. The summed E-state index contributed by atoms with van der Waals surface area (Å²) in [6.45, 7) is 3.43. The number of halogens is 1. The van der Waals surface area contributed by atoms with Crippen LogP contribution in [0.5, 0.6) is 5.75 Å². The van der Waals surface area contributed by atoms with Crippen LogP contribution in [0.3, 0.4) is 0 Å². The molecule has 2 aromatic rings. The molecule has 3 rings (SSSR count). The van der Waals surface area contributed by atoms with E-state index in [1.165, 1.54) is 11.8 Å². The third-order valence-corrected chi connectivity index (χ3v) is 5.44. The number of hydrogen-bond donors (Lipinski definition) is 1. The van der Waals surface area contributed by atoms with Crippen LogP contribution in [-0.2, 0) is 9.53 Å². The fourth-order valence-electron chi connectivity index (χ4n) is 2.47. The van der Waals surface area contributed by atoms with Gasteiger partial charge in [-0.05, 0) is 70.5 Å². The lowest BCUT2D eigenvalue weighted by molar-refractivity contribution is -0.122. The summed E-state index contributed by atoms with van der Waals surface area (Å²) in [5.74, 6) is 0.0609. The van der Waals surface area contributed by atoms with Gasteiger partial charge in [0.05, 0.1) is 28.2 Å². The van der Waals surface area contributed by atoms with Gasteiger partial charge in [0.25, 0.3) is 5.91 Å². The van der Waals surface area contributed by atoms with Crippen LogP contribution in [0.4, 0.5) is 5.69 Å². The van der Waals surface area contributed by atoms with E-state index < -0.39 is 0 Å². The molecule has 1 N–H and O–H groups in total. The van der Waals surface area contributed by atoms with Crippen molar-refractivity contribution in [2.75, 3.05) is 19.8 Å². The Morgan fingerprint density at radius 1 is 1.26 bits per heavy atom. The monoisotopic (exact) mass is 446 g/mol. The number of phenols is 1. The van der Waals surface area contributed by atoms with E-state index in [0.717, 1.165) is 11.3 Å². The van der Waals surface area contributed by atoms with Gasteiger partial charge in [0.1, 0.15) is 5.75 Å². The van der Waals surface area contributed by atoms with E-state index in [9.17, 15) is 9.90 Å². The van der Waals surface area contributed by atoms with E-state index >= 15 is 0 Å². The molecule has 1 amide bonds. The summed E-state index contributed by atoms with van der Waals surface area (Å²) < 4.78 is 6.00. The number of benzene rings is 2. The molecule has 0 spiro atoms. The molecule has 1 aliphatic heterocycles. The molecule has 5 nitrogen and oxygen atoms in total. The number of rotatable bonds is 6. The molecule has 0 bridgehead atoms. The minimum absolute atomic E-state index is 0.0985. The van der Waals surface area contributed by atoms with Crippen molar-refractivity contribution in [2.45, 2.75) is 6.92 Å². The number of para-hydroxylation sites is 1. The molecule has 1 aliphatic rings. The number of carbonyl (C=O) groups is 1. The second kappa shape index (κ2) is 9.21. The number of aromatic hydroxyl groups is 1. The van der Waals surface area contributed by atoms with Crippen LogP contribution in [-0.4, -0.2) is 40.8 Å². The average Bonchev–Trinajstić information content (AvgIpc) is 2.94. The molecule has 0 atom stereocenters. The Morgan fingerprint density at radius 3 is 2.74 bits per heavy atom. The van der Waals surface area contributed by atoms with Gasteiger partial charge in [-0.1, -0.05) is 24.3 Å². The number of amides is 1. The number of hydrogen-bond acceptors (Lipinski definition) is 5. The van der Waals surface area contributed by atoms with E-state index in [0.29, 0.717) is 34.3 Å². The molecule has 0 unspecified atom stereocenters. The van der Waals surface area contributed by atoms with Gasteiger partial charge >= 0.3 is 0 Å². The molecule has 1 saturated heterocycles. The fraction of sp³-hybridized carbons (Fsp3) is 0.200. The minimum atomic E-state index is -0.0985. The second-order valence-corrected chi connectivity index (χ2v) is 7.57. The second-order valence-electron chi connectivity index (χ2n) is 5.71. The van der Waals surface area contributed by atoms with Crippen molar-refractivity contribution in [3.8, 4) is 5.75 Å². The van der Waals surface area contributed by atoms with Crippen molar-refractivity contribution in [1.82, 2.24) is 4.90 Å². The predicted octanol–water partition coefficient (Wildman–Crippen LogP) is 4.80. The molecule has 0 aliphatic carbocycles. The zero-order valence-electron chi connectivity index (χ0n) is 14.8. The minimum Gasteiger partial charge on any atom is -0.507 e. The summed E-state index contributed by atoms with van der Waals surface area (Å²) in [4.78, 5) is 19.8. The molecule has 1 heterocycles. The number of phenolic OH excluding ortho intramolecular Hbond substituents is 1. The van der Waals surface area contributed by atoms with Crippen LogP contribution in [0.1, 0.15) is 12.5 Å². The predicted molar refractivity (Wildman–Crippen MR) is 113 cm³/mol. The first-order valence-electron chi connectivity index (χ1n) is 8.50. The van der Waals surface area contributed by atoms with Crippen LogP contribution < -0.4 is 0 Å². The van der Waals surface area contributed by atoms with Gasteiger partial charge < -0.3 is 9.84 Å². The molecule has 7 heteroatoms. The molecular weight excluding hydrogens is 428 g/mol. The number of carbonyl (C=O) groups excluding carboxylic acids is 1. The van der Waals surface area contributed by atoms with Gasteiger partial charge in [0.15, 0.2) is 5.17 Å². The molecular formula is C20H19BrN2O3S. The molecule has 0 saturated carbocycles. The summed E-state index contributed by atoms with van der Waals surface area (Å²) in [7, 11) is 0. The van der Waals surface area contributed by atoms with E-state index in [-0.39, 0.29) is 11.7 Å². The zero-order valence-corrected chi connectivity index (χ0v) is 17.2. The van der Waals surface area contributed by atoms with Crippen molar-refractivity contribution in [2.24, 2.45) is 4.99 Å².